The minimum Gasteiger partial charge on any atom is -0.414 e. The van der Waals surface area contributed by atoms with Crippen LogP contribution in [-0.4, -0.2) is 66.7 Å². The first-order chi connectivity index (χ1) is 15.8. The second-order valence-electron chi connectivity index (χ2n) is 9.62. The van der Waals surface area contributed by atoms with E-state index in [-0.39, 0.29) is 32.6 Å². The van der Waals surface area contributed by atoms with Crippen molar-refractivity contribution in [3.05, 3.63) is 35.4 Å². The van der Waals surface area contributed by atoms with E-state index in [0.717, 1.165) is 19.9 Å². The average Bonchev–Trinajstić information content (AvgIpc) is 3.22. The van der Waals surface area contributed by atoms with Crippen LogP contribution in [0.15, 0.2) is 24.3 Å². The molecule has 0 aliphatic carbocycles. The Hall–Kier alpha value is -0.760. The van der Waals surface area contributed by atoms with E-state index in [2.05, 4.69) is 68.1 Å². The van der Waals surface area contributed by atoms with E-state index in [1.807, 2.05) is 34.3 Å². The summed E-state index contributed by atoms with van der Waals surface area (Å²) in [7, 11) is 3.04. The van der Waals surface area contributed by atoms with Crippen LogP contribution in [0.4, 0.5) is 0 Å². The molecular weight excluding hydrogens is 428 g/mol. The molecular formula is C24H48B4O6. The van der Waals surface area contributed by atoms with Crippen molar-refractivity contribution in [3.63, 3.8) is 0 Å². The molecule has 2 aliphatic heterocycles. The third kappa shape index (κ3) is 12.8. The molecule has 0 N–H and O–H groups in total. The van der Waals surface area contributed by atoms with Gasteiger partial charge in [0, 0.05) is 27.4 Å². The highest BCUT2D eigenvalue weighted by Crippen LogP contribution is 2.36. The molecule has 1 saturated heterocycles. The van der Waals surface area contributed by atoms with Gasteiger partial charge in [0.2, 0.25) is 0 Å². The Morgan fingerprint density at radius 1 is 0.794 bits per heavy atom. The van der Waals surface area contributed by atoms with Crippen LogP contribution in [0.1, 0.15) is 52.7 Å². The van der Waals surface area contributed by atoms with E-state index in [0.29, 0.717) is 0 Å². The molecule has 0 saturated carbocycles. The minimum atomic E-state index is -0.160. The van der Waals surface area contributed by atoms with Gasteiger partial charge in [0.1, 0.15) is 6.71 Å². The lowest BCUT2D eigenvalue weighted by atomic mass is 9.50. The molecule has 2 aliphatic rings. The van der Waals surface area contributed by atoms with Gasteiger partial charge in [-0.2, -0.15) is 0 Å². The molecule has 10 heteroatoms. The van der Waals surface area contributed by atoms with Gasteiger partial charge in [0.25, 0.3) is 0 Å². The summed E-state index contributed by atoms with van der Waals surface area (Å²) in [6.45, 7) is 22.4. The summed E-state index contributed by atoms with van der Waals surface area (Å²) in [5.41, 5.74) is 2.81. The van der Waals surface area contributed by atoms with Crippen LogP contribution in [0, 0.1) is 0 Å². The maximum absolute atomic E-state index is 5.54. The van der Waals surface area contributed by atoms with E-state index < -0.39 is 0 Å². The summed E-state index contributed by atoms with van der Waals surface area (Å²) in [6, 6.07) is 8.77. The van der Waals surface area contributed by atoms with Gasteiger partial charge in [0.05, 0.1) is 11.2 Å². The number of hydrogen-bond donors (Lipinski definition) is 0. The van der Waals surface area contributed by atoms with Gasteiger partial charge in [-0.05, 0) is 74.7 Å². The molecule has 2 heterocycles. The van der Waals surface area contributed by atoms with Crippen molar-refractivity contribution in [1.29, 1.82) is 0 Å². The fourth-order valence-corrected chi connectivity index (χ4v) is 3.53. The van der Waals surface area contributed by atoms with Crippen LogP contribution in [0.25, 0.3) is 0 Å². The van der Waals surface area contributed by atoms with E-state index in [4.69, 9.17) is 18.6 Å². The second kappa shape index (κ2) is 16.8. The maximum Gasteiger partial charge on any atom is 0.454 e. The Kier molecular flexibility index (Phi) is 16.5. The number of hydrogen-bond acceptors (Lipinski definition) is 6. The van der Waals surface area contributed by atoms with E-state index in [1.165, 1.54) is 12.6 Å². The quantitative estimate of drug-likeness (QED) is 0.522. The average molecular weight is 476 g/mol. The number of fused-ring (bicyclic) bond motifs is 1. The second-order valence-corrected chi connectivity index (χ2v) is 9.62. The zero-order chi connectivity index (χ0) is 26.4. The lowest BCUT2D eigenvalue weighted by molar-refractivity contribution is 0.00578. The standard InChI is InChI=1S/C9H11B.C7H15BO2.C5H13BO2.C3H9BO2/c1-10-6-8-4-2-3-5-9(8)7-10;1-6(2)7(3,4)10-8(5)9-6;1-4-7-6(3)8-5-2;1-4(5-2)6-3/h2-5H,6-7H2,1H3;1-5H3;4-5H2,1-3H3;1-3H3. The summed E-state index contributed by atoms with van der Waals surface area (Å²) < 4.78 is 30.6. The van der Waals surface area contributed by atoms with Gasteiger partial charge in [0.15, 0.2) is 0 Å². The van der Waals surface area contributed by atoms with E-state index in [9.17, 15) is 0 Å². The van der Waals surface area contributed by atoms with Gasteiger partial charge in [-0.25, -0.2) is 0 Å². The zero-order valence-corrected chi connectivity index (χ0v) is 23.9. The first-order valence-corrected chi connectivity index (χ1v) is 12.5. The fraction of sp³-hybridized carbons (Fsp3) is 0.750. The molecule has 0 amide bonds. The Morgan fingerprint density at radius 2 is 1.18 bits per heavy atom. The SMILES string of the molecule is CB1Cc2ccccc2C1.CB1OC(C)(C)C(C)(C)O1.CCOB(C)OCC.COB(C)OC. The Morgan fingerprint density at radius 3 is 1.41 bits per heavy atom. The summed E-state index contributed by atoms with van der Waals surface area (Å²) >= 11 is 0. The van der Waals surface area contributed by atoms with Crippen molar-refractivity contribution in [2.75, 3.05) is 27.4 Å². The van der Waals surface area contributed by atoms with Crippen LogP contribution in [0.5, 0.6) is 0 Å². The first-order valence-electron chi connectivity index (χ1n) is 12.5. The van der Waals surface area contributed by atoms with Gasteiger partial charge in [-0.3, -0.25) is 0 Å². The normalized spacial score (nSPS) is 16.8. The third-order valence-corrected chi connectivity index (χ3v) is 6.09. The highest BCUT2D eigenvalue weighted by atomic mass is 16.7. The molecule has 0 radical (unpaired) electrons. The molecule has 0 atom stereocenters. The predicted molar refractivity (Wildman–Crippen MR) is 148 cm³/mol. The molecule has 0 aromatic heterocycles. The third-order valence-electron chi connectivity index (χ3n) is 6.09. The Bertz CT molecular complexity index is 611. The van der Waals surface area contributed by atoms with Crippen molar-refractivity contribution < 1.29 is 27.9 Å². The van der Waals surface area contributed by atoms with Gasteiger partial charge in [-0.1, -0.05) is 42.2 Å². The summed E-state index contributed by atoms with van der Waals surface area (Å²) in [5, 5.41) is 0. The van der Waals surface area contributed by atoms with Crippen LogP contribution < -0.4 is 0 Å². The van der Waals surface area contributed by atoms with Crippen LogP contribution in [0.2, 0.25) is 27.3 Å². The van der Waals surface area contributed by atoms with Crippen molar-refractivity contribution in [1.82, 2.24) is 0 Å². The summed E-state index contributed by atoms with van der Waals surface area (Å²) in [6.07, 6.45) is 2.58. The monoisotopic (exact) mass is 476 g/mol. The lowest BCUT2D eigenvalue weighted by Crippen LogP contribution is -2.41. The number of benzene rings is 1. The summed E-state index contributed by atoms with van der Waals surface area (Å²) in [5.74, 6) is 0. The Balaban J connectivity index is 0.000000437. The molecule has 6 nitrogen and oxygen atoms in total. The van der Waals surface area contributed by atoms with Crippen molar-refractivity contribution in [2.24, 2.45) is 0 Å². The van der Waals surface area contributed by atoms with Crippen LogP contribution >= 0.6 is 0 Å². The molecule has 34 heavy (non-hydrogen) atoms. The molecule has 1 aromatic carbocycles. The van der Waals surface area contributed by atoms with Crippen molar-refractivity contribution >= 4 is 28.1 Å². The molecule has 1 aromatic rings. The highest BCUT2D eigenvalue weighted by Gasteiger charge is 2.48. The molecule has 0 spiro atoms. The van der Waals surface area contributed by atoms with Crippen molar-refractivity contribution in [3.8, 4) is 0 Å². The highest BCUT2D eigenvalue weighted by molar-refractivity contribution is 6.57. The van der Waals surface area contributed by atoms with Crippen LogP contribution in [0.3, 0.4) is 0 Å². The Labute approximate surface area is 211 Å². The largest absolute Gasteiger partial charge is 0.454 e. The fourth-order valence-electron chi connectivity index (χ4n) is 3.53. The zero-order valence-electron chi connectivity index (χ0n) is 23.9. The lowest BCUT2D eigenvalue weighted by Gasteiger charge is -2.32. The van der Waals surface area contributed by atoms with Gasteiger partial charge < -0.3 is 27.9 Å². The van der Waals surface area contributed by atoms with Crippen molar-refractivity contribution in [2.45, 2.75) is 92.7 Å². The van der Waals surface area contributed by atoms with E-state index >= 15 is 0 Å². The topological polar surface area (TPSA) is 55.4 Å². The van der Waals surface area contributed by atoms with Gasteiger partial charge >= 0.3 is 21.4 Å². The summed E-state index contributed by atoms with van der Waals surface area (Å²) in [4.78, 5) is 0. The van der Waals surface area contributed by atoms with E-state index in [1.54, 1.807) is 25.3 Å². The molecule has 0 bridgehead atoms. The number of rotatable bonds is 6. The first kappa shape index (κ1) is 33.2. The molecule has 192 valence electrons. The van der Waals surface area contributed by atoms with Gasteiger partial charge in [-0.15, -0.1) is 0 Å². The maximum atomic E-state index is 5.54. The predicted octanol–water partition coefficient (Wildman–Crippen LogP) is 5.27. The molecule has 1 fully saturated rings. The smallest absolute Gasteiger partial charge is 0.414 e. The van der Waals surface area contributed by atoms with Crippen LogP contribution in [-0.2, 0) is 40.6 Å². The molecule has 0 unspecified atom stereocenters. The minimum absolute atomic E-state index is 0.0370. The molecule has 3 rings (SSSR count).